The van der Waals surface area contributed by atoms with E-state index in [1.807, 2.05) is 0 Å². The lowest BCUT2D eigenvalue weighted by Gasteiger charge is -2.15. The van der Waals surface area contributed by atoms with Crippen LogP contribution in [0.4, 0.5) is 0 Å². The predicted molar refractivity (Wildman–Crippen MR) is 79.9 cm³/mol. The molecule has 0 spiro atoms. The molecule has 0 atom stereocenters. The highest BCUT2D eigenvalue weighted by molar-refractivity contribution is 7.89. The predicted octanol–water partition coefficient (Wildman–Crippen LogP) is 2.55. The van der Waals surface area contributed by atoms with E-state index < -0.39 is 16.0 Å². The Bertz CT molecular complexity index is 648. The first-order valence-electron chi connectivity index (χ1n) is 7.13. The Morgan fingerprint density at radius 2 is 2.05 bits per heavy atom. The number of aryl methyl sites for hydroxylation is 1. The second-order valence-electron chi connectivity index (χ2n) is 5.86. The van der Waals surface area contributed by atoms with E-state index in [0.717, 1.165) is 25.7 Å². The minimum atomic E-state index is -3.66. The van der Waals surface area contributed by atoms with Crippen molar-refractivity contribution >= 4 is 16.0 Å². The number of carboxylic acid groups (broad SMARTS) is 1. The molecule has 0 aliphatic heterocycles. The van der Waals surface area contributed by atoms with Crippen molar-refractivity contribution in [2.24, 2.45) is 5.41 Å². The number of carbonyl (C=O) groups is 1. The number of rotatable bonds is 7. The minimum Gasteiger partial charge on any atom is -0.478 e. The summed E-state index contributed by atoms with van der Waals surface area (Å²) in [4.78, 5) is 11.1. The third-order valence-electron chi connectivity index (χ3n) is 4.12. The van der Waals surface area contributed by atoms with Crippen molar-refractivity contribution in [2.75, 3.05) is 6.54 Å². The summed E-state index contributed by atoms with van der Waals surface area (Å²) >= 11 is 0. The van der Waals surface area contributed by atoms with Gasteiger partial charge in [-0.3, -0.25) is 0 Å². The largest absolute Gasteiger partial charge is 0.478 e. The smallest absolute Gasteiger partial charge is 0.335 e. The first-order valence-corrected chi connectivity index (χ1v) is 8.62. The van der Waals surface area contributed by atoms with Gasteiger partial charge in [0.25, 0.3) is 0 Å². The van der Waals surface area contributed by atoms with Gasteiger partial charge in [0.05, 0.1) is 10.5 Å². The Labute approximate surface area is 125 Å². The molecular formula is C15H21NO4S. The van der Waals surface area contributed by atoms with Gasteiger partial charge in [0.15, 0.2) is 0 Å². The van der Waals surface area contributed by atoms with Gasteiger partial charge in [-0.2, -0.15) is 0 Å². The Hall–Kier alpha value is -1.40. The van der Waals surface area contributed by atoms with Crippen LogP contribution in [0.15, 0.2) is 23.1 Å². The quantitative estimate of drug-likeness (QED) is 0.810. The summed E-state index contributed by atoms with van der Waals surface area (Å²) in [6.45, 7) is 4.17. The Balaban J connectivity index is 2.16. The normalized spacial score (nSPS) is 16.7. The number of nitrogens with one attached hydrogen (secondary N) is 1. The van der Waals surface area contributed by atoms with E-state index >= 15 is 0 Å². The zero-order valence-electron chi connectivity index (χ0n) is 12.3. The Morgan fingerprint density at radius 3 is 2.57 bits per heavy atom. The van der Waals surface area contributed by atoms with Gasteiger partial charge in [0.1, 0.15) is 0 Å². The third kappa shape index (κ3) is 3.63. The number of aromatic carboxylic acids is 1. The van der Waals surface area contributed by atoms with Crippen molar-refractivity contribution in [3.8, 4) is 0 Å². The molecular weight excluding hydrogens is 290 g/mol. The zero-order valence-corrected chi connectivity index (χ0v) is 13.2. The molecule has 0 bridgehead atoms. The Kier molecular flexibility index (Phi) is 4.39. The standard InChI is InChI=1S/C15H21NO4S/c1-3-6-15(7-8-15)10-16-21(19,20)12-5-4-11(2)13(9-12)14(17)18/h4-5,9,16H,3,6-8,10H2,1-2H3,(H,17,18). The second kappa shape index (κ2) is 5.77. The number of benzene rings is 1. The van der Waals surface area contributed by atoms with Gasteiger partial charge in [-0.15, -0.1) is 0 Å². The van der Waals surface area contributed by atoms with Gasteiger partial charge < -0.3 is 5.11 Å². The van der Waals surface area contributed by atoms with Crippen molar-refractivity contribution < 1.29 is 18.3 Å². The SMILES string of the molecule is CCCC1(CNS(=O)(=O)c2ccc(C)c(C(=O)O)c2)CC1. The molecule has 0 unspecified atom stereocenters. The topological polar surface area (TPSA) is 83.5 Å². The van der Waals surface area contributed by atoms with E-state index in [-0.39, 0.29) is 15.9 Å². The molecule has 116 valence electrons. The molecule has 2 N–H and O–H groups in total. The first-order chi connectivity index (χ1) is 9.80. The Morgan fingerprint density at radius 1 is 1.38 bits per heavy atom. The summed E-state index contributed by atoms with van der Waals surface area (Å²) in [5, 5.41) is 9.08. The van der Waals surface area contributed by atoms with Gasteiger partial charge in [0.2, 0.25) is 10.0 Å². The summed E-state index contributed by atoms with van der Waals surface area (Å²) in [5.74, 6) is -1.12. The van der Waals surface area contributed by atoms with E-state index in [1.165, 1.54) is 18.2 Å². The third-order valence-corrected chi connectivity index (χ3v) is 5.52. The van der Waals surface area contributed by atoms with Crippen molar-refractivity contribution in [3.05, 3.63) is 29.3 Å². The van der Waals surface area contributed by atoms with Crippen molar-refractivity contribution in [1.29, 1.82) is 0 Å². The van der Waals surface area contributed by atoms with E-state index in [2.05, 4.69) is 11.6 Å². The summed E-state index contributed by atoms with van der Waals surface area (Å²) in [6, 6.07) is 4.19. The van der Waals surface area contributed by atoms with Crippen LogP contribution >= 0.6 is 0 Å². The number of hydrogen-bond acceptors (Lipinski definition) is 3. The number of carboxylic acids is 1. The van der Waals surface area contributed by atoms with E-state index in [9.17, 15) is 13.2 Å². The van der Waals surface area contributed by atoms with Crippen LogP contribution in [-0.2, 0) is 10.0 Å². The van der Waals surface area contributed by atoms with Crippen molar-refractivity contribution in [2.45, 2.75) is 44.4 Å². The summed E-state index contributed by atoms with van der Waals surface area (Å²) in [7, 11) is -3.66. The van der Waals surface area contributed by atoms with Gasteiger partial charge in [-0.05, 0) is 49.3 Å². The molecule has 6 heteroatoms. The molecule has 1 saturated carbocycles. The lowest BCUT2D eigenvalue weighted by atomic mass is 10.0. The monoisotopic (exact) mass is 311 g/mol. The van der Waals surface area contributed by atoms with Crippen LogP contribution in [0.3, 0.4) is 0 Å². The molecule has 1 aromatic carbocycles. The maximum Gasteiger partial charge on any atom is 0.335 e. The molecule has 5 nitrogen and oxygen atoms in total. The number of hydrogen-bond donors (Lipinski definition) is 2. The fourth-order valence-corrected chi connectivity index (χ4v) is 3.74. The fraction of sp³-hybridized carbons (Fsp3) is 0.533. The van der Waals surface area contributed by atoms with Crippen LogP contribution in [0.5, 0.6) is 0 Å². The minimum absolute atomic E-state index is 0.0119. The molecule has 1 aliphatic carbocycles. The lowest BCUT2D eigenvalue weighted by Crippen LogP contribution is -2.30. The molecule has 1 aromatic rings. The average molecular weight is 311 g/mol. The molecule has 1 fully saturated rings. The van der Waals surface area contributed by atoms with Crippen LogP contribution in [0.25, 0.3) is 0 Å². The highest BCUT2D eigenvalue weighted by atomic mass is 32.2. The van der Waals surface area contributed by atoms with Crippen LogP contribution in [0.1, 0.15) is 48.5 Å². The maximum absolute atomic E-state index is 12.3. The molecule has 2 rings (SSSR count). The van der Waals surface area contributed by atoms with Gasteiger partial charge in [0, 0.05) is 6.54 Å². The van der Waals surface area contributed by atoms with Crippen molar-refractivity contribution in [1.82, 2.24) is 4.72 Å². The van der Waals surface area contributed by atoms with Crippen molar-refractivity contribution in [3.63, 3.8) is 0 Å². The maximum atomic E-state index is 12.3. The molecule has 0 heterocycles. The van der Waals surface area contributed by atoms with Gasteiger partial charge in [-0.25, -0.2) is 17.9 Å². The number of sulfonamides is 1. The van der Waals surface area contributed by atoms with Crippen LogP contribution in [-0.4, -0.2) is 26.0 Å². The van der Waals surface area contributed by atoms with Crippen LogP contribution < -0.4 is 4.72 Å². The zero-order chi connectivity index (χ0) is 15.7. The molecule has 0 saturated heterocycles. The molecule has 0 amide bonds. The van der Waals surface area contributed by atoms with E-state index in [0.29, 0.717) is 12.1 Å². The fourth-order valence-electron chi connectivity index (χ4n) is 2.55. The molecule has 1 aliphatic rings. The van der Waals surface area contributed by atoms with E-state index in [1.54, 1.807) is 6.92 Å². The average Bonchev–Trinajstić information content (AvgIpc) is 3.17. The van der Waals surface area contributed by atoms with Crippen LogP contribution in [0.2, 0.25) is 0 Å². The summed E-state index contributed by atoms with van der Waals surface area (Å²) < 4.78 is 27.2. The van der Waals surface area contributed by atoms with Crippen LogP contribution in [0, 0.1) is 12.3 Å². The van der Waals surface area contributed by atoms with Gasteiger partial charge >= 0.3 is 5.97 Å². The summed E-state index contributed by atoms with van der Waals surface area (Å²) in [5.41, 5.74) is 0.681. The van der Waals surface area contributed by atoms with E-state index in [4.69, 9.17) is 5.11 Å². The highest BCUT2D eigenvalue weighted by Crippen LogP contribution is 2.49. The summed E-state index contributed by atoms with van der Waals surface area (Å²) in [6.07, 6.45) is 4.16. The lowest BCUT2D eigenvalue weighted by molar-refractivity contribution is 0.0696. The molecule has 21 heavy (non-hydrogen) atoms. The molecule has 0 aromatic heterocycles. The highest BCUT2D eigenvalue weighted by Gasteiger charge is 2.42. The molecule has 0 radical (unpaired) electrons. The first kappa shape index (κ1) is 16.0. The second-order valence-corrected chi connectivity index (χ2v) is 7.62. The van der Waals surface area contributed by atoms with Gasteiger partial charge in [-0.1, -0.05) is 19.4 Å².